The molecule has 3 aromatic rings. The Labute approximate surface area is 138 Å². The topological polar surface area (TPSA) is 84.5 Å². The number of hydrogen-bond acceptors (Lipinski definition) is 6. The molecule has 9 nitrogen and oxygen atoms in total. The molecular formula is C15H18N8O. The molecule has 124 valence electrons. The van der Waals surface area contributed by atoms with Gasteiger partial charge in [-0.1, -0.05) is 5.21 Å². The summed E-state index contributed by atoms with van der Waals surface area (Å²) in [7, 11) is 4.03. The first-order valence-corrected chi connectivity index (χ1v) is 7.75. The average Bonchev–Trinajstić information content (AvgIpc) is 3.31. The van der Waals surface area contributed by atoms with Crippen molar-refractivity contribution in [2.75, 3.05) is 27.2 Å². The van der Waals surface area contributed by atoms with Crippen molar-refractivity contribution in [3.63, 3.8) is 0 Å². The number of hydrogen-bond donors (Lipinski definition) is 0. The average molecular weight is 326 g/mol. The van der Waals surface area contributed by atoms with Crippen LogP contribution in [0.5, 0.6) is 0 Å². The molecule has 4 heterocycles. The molecular weight excluding hydrogens is 308 g/mol. The van der Waals surface area contributed by atoms with E-state index in [4.69, 9.17) is 0 Å². The molecule has 0 radical (unpaired) electrons. The van der Waals surface area contributed by atoms with Gasteiger partial charge in [0.1, 0.15) is 5.69 Å². The molecule has 0 aromatic carbocycles. The standard InChI is InChI=1S/C15H18N8O/c1-20(2)12-9-21(10-13(12)22-8-7-17-19-22)15(24)11-3-5-16-14-4-6-18-23(11)14/h3-8,12-13H,9-10H2,1-2H3/t12-,13+/m1/s1. The predicted molar refractivity (Wildman–Crippen MR) is 85.4 cm³/mol. The van der Waals surface area contributed by atoms with Gasteiger partial charge in [-0.05, 0) is 20.2 Å². The maximum Gasteiger partial charge on any atom is 0.272 e. The van der Waals surface area contributed by atoms with Gasteiger partial charge in [0.25, 0.3) is 5.91 Å². The fraction of sp³-hybridized carbons (Fsp3) is 0.400. The summed E-state index contributed by atoms with van der Waals surface area (Å²) in [5.41, 5.74) is 1.18. The van der Waals surface area contributed by atoms with Gasteiger partial charge in [-0.15, -0.1) is 5.10 Å². The summed E-state index contributed by atoms with van der Waals surface area (Å²) < 4.78 is 3.41. The van der Waals surface area contributed by atoms with Crippen molar-refractivity contribution in [3.05, 3.63) is 42.6 Å². The Bertz CT molecular complexity index is 855. The van der Waals surface area contributed by atoms with E-state index in [1.54, 1.807) is 35.2 Å². The highest BCUT2D eigenvalue weighted by molar-refractivity contribution is 5.93. The van der Waals surface area contributed by atoms with Gasteiger partial charge in [-0.2, -0.15) is 5.10 Å². The van der Waals surface area contributed by atoms with Gasteiger partial charge in [0.05, 0.1) is 24.5 Å². The summed E-state index contributed by atoms with van der Waals surface area (Å²) in [5.74, 6) is -0.0550. The Hall–Kier alpha value is -2.81. The highest BCUT2D eigenvalue weighted by Crippen LogP contribution is 2.25. The number of carbonyl (C=O) groups excluding carboxylic acids is 1. The number of nitrogens with zero attached hydrogens (tertiary/aromatic N) is 8. The number of amides is 1. The third-order valence-electron chi connectivity index (χ3n) is 4.50. The first-order valence-electron chi connectivity index (χ1n) is 7.75. The van der Waals surface area contributed by atoms with Crippen LogP contribution < -0.4 is 0 Å². The molecule has 0 saturated carbocycles. The first kappa shape index (κ1) is 14.8. The molecule has 0 spiro atoms. The Morgan fingerprint density at radius 2 is 2.08 bits per heavy atom. The lowest BCUT2D eigenvalue weighted by Crippen LogP contribution is -2.37. The minimum atomic E-state index is -0.0550. The lowest BCUT2D eigenvalue weighted by Gasteiger charge is -2.24. The number of fused-ring (bicyclic) bond motifs is 1. The molecule has 9 heteroatoms. The molecule has 24 heavy (non-hydrogen) atoms. The van der Waals surface area contributed by atoms with E-state index in [1.165, 1.54) is 0 Å². The van der Waals surface area contributed by atoms with Crippen LogP contribution in [0.15, 0.2) is 36.9 Å². The third-order valence-corrected chi connectivity index (χ3v) is 4.50. The van der Waals surface area contributed by atoms with Crippen molar-refractivity contribution in [2.45, 2.75) is 12.1 Å². The van der Waals surface area contributed by atoms with Crippen LogP contribution in [0.1, 0.15) is 16.5 Å². The van der Waals surface area contributed by atoms with Crippen molar-refractivity contribution >= 4 is 11.6 Å². The van der Waals surface area contributed by atoms with Crippen LogP contribution in [0, 0.1) is 0 Å². The molecule has 0 bridgehead atoms. The van der Waals surface area contributed by atoms with Gasteiger partial charge in [0.15, 0.2) is 5.65 Å². The van der Waals surface area contributed by atoms with Gasteiger partial charge < -0.3 is 9.80 Å². The van der Waals surface area contributed by atoms with Crippen LogP contribution in [0.4, 0.5) is 0 Å². The van der Waals surface area contributed by atoms with Crippen LogP contribution in [0.2, 0.25) is 0 Å². The maximum atomic E-state index is 13.0. The van der Waals surface area contributed by atoms with Gasteiger partial charge >= 0.3 is 0 Å². The first-order chi connectivity index (χ1) is 11.6. The predicted octanol–water partition coefficient (Wildman–Crippen LogP) is -0.0519. The molecule has 0 aliphatic carbocycles. The van der Waals surface area contributed by atoms with Crippen molar-refractivity contribution in [2.24, 2.45) is 0 Å². The smallest absolute Gasteiger partial charge is 0.272 e. The molecule has 4 rings (SSSR count). The zero-order valence-corrected chi connectivity index (χ0v) is 13.5. The largest absolute Gasteiger partial charge is 0.333 e. The van der Waals surface area contributed by atoms with Gasteiger partial charge in [-0.25, -0.2) is 14.2 Å². The minimum absolute atomic E-state index is 0.0550. The van der Waals surface area contributed by atoms with E-state index >= 15 is 0 Å². The van der Waals surface area contributed by atoms with Crippen LogP contribution in [0.25, 0.3) is 5.65 Å². The minimum Gasteiger partial charge on any atom is -0.333 e. The summed E-state index contributed by atoms with van der Waals surface area (Å²) in [6, 6.07) is 3.73. The van der Waals surface area contributed by atoms with E-state index < -0.39 is 0 Å². The summed E-state index contributed by atoms with van der Waals surface area (Å²) in [6.07, 6.45) is 6.78. The molecule has 1 saturated heterocycles. The summed E-state index contributed by atoms with van der Waals surface area (Å²) in [5, 5.41) is 12.2. The summed E-state index contributed by atoms with van der Waals surface area (Å²) in [4.78, 5) is 21.2. The second-order valence-electron chi connectivity index (χ2n) is 6.12. The molecule has 1 fully saturated rings. The Morgan fingerprint density at radius 1 is 1.21 bits per heavy atom. The van der Waals surface area contributed by atoms with Crippen LogP contribution >= 0.6 is 0 Å². The van der Waals surface area contributed by atoms with Crippen molar-refractivity contribution < 1.29 is 4.79 Å². The number of likely N-dealkylation sites (N-methyl/N-ethyl adjacent to an activating group) is 1. The molecule has 0 N–H and O–H groups in total. The normalized spacial score (nSPS) is 21.0. The fourth-order valence-corrected chi connectivity index (χ4v) is 3.26. The molecule has 2 atom stereocenters. The number of rotatable bonds is 3. The SMILES string of the molecule is CN(C)[C@@H]1CN(C(=O)c2ccnc3ccnn23)C[C@@H]1n1ccnn1. The molecule has 0 unspecified atom stereocenters. The second-order valence-corrected chi connectivity index (χ2v) is 6.12. The molecule has 1 amide bonds. The maximum absolute atomic E-state index is 13.0. The number of carbonyl (C=O) groups is 1. The highest BCUT2D eigenvalue weighted by Gasteiger charge is 2.39. The van der Waals surface area contributed by atoms with Gasteiger partial charge in [0.2, 0.25) is 0 Å². The van der Waals surface area contributed by atoms with E-state index in [1.807, 2.05) is 29.9 Å². The quantitative estimate of drug-likeness (QED) is 0.671. The second kappa shape index (κ2) is 5.68. The van der Waals surface area contributed by atoms with Crippen LogP contribution in [-0.4, -0.2) is 78.5 Å². The van der Waals surface area contributed by atoms with Crippen molar-refractivity contribution in [3.8, 4) is 0 Å². The van der Waals surface area contributed by atoms with Crippen LogP contribution in [-0.2, 0) is 0 Å². The number of aromatic nitrogens is 6. The highest BCUT2D eigenvalue weighted by atomic mass is 16.2. The molecule has 1 aliphatic heterocycles. The lowest BCUT2D eigenvalue weighted by molar-refractivity contribution is 0.0772. The van der Waals surface area contributed by atoms with Crippen LogP contribution in [0.3, 0.4) is 0 Å². The molecule has 3 aromatic heterocycles. The molecule has 1 aliphatic rings. The monoisotopic (exact) mass is 326 g/mol. The Kier molecular flexibility index (Phi) is 3.49. The van der Waals surface area contributed by atoms with E-state index in [-0.39, 0.29) is 18.0 Å². The van der Waals surface area contributed by atoms with E-state index in [0.717, 1.165) is 0 Å². The fourth-order valence-electron chi connectivity index (χ4n) is 3.26. The zero-order chi connectivity index (χ0) is 16.7. The van der Waals surface area contributed by atoms with Crippen molar-refractivity contribution in [1.29, 1.82) is 0 Å². The van der Waals surface area contributed by atoms with E-state index in [9.17, 15) is 4.79 Å². The van der Waals surface area contributed by atoms with Gasteiger partial charge in [0, 0.05) is 31.5 Å². The zero-order valence-electron chi connectivity index (χ0n) is 13.5. The van der Waals surface area contributed by atoms with E-state index in [0.29, 0.717) is 24.4 Å². The third kappa shape index (κ3) is 2.33. The Morgan fingerprint density at radius 3 is 2.83 bits per heavy atom. The summed E-state index contributed by atoms with van der Waals surface area (Å²) >= 11 is 0. The van der Waals surface area contributed by atoms with Crippen molar-refractivity contribution in [1.82, 2.24) is 39.4 Å². The summed E-state index contributed by atoms with van der Waals surface area (Å²) in [6.45, 7) is 1.21. The number of likely N-dealkylation sites (tertiary alicyclic amines) is 1. The van der Waals surface area contributed by atoms with Gasteiger partial charge in [-0.3, -0.25) is 4.79 Å². The lowest BCUT2D eigenvalue weighted by atomic mass is 10.1. The van der Waals surface area contributed by atoms with E-state index in [2.05, 4.69) is 25.3 Å². The Balaban J connectivity index is 1.65.